The third-order valence-electron chi connectivity index (χ3n) is 3.19. The van der Waals surface area contributed by atoms with Crippen LogP contribution in [0, 0.1) is 5.82 Å². The van der Waals surface area contributed by atoms with E-state index in [0.29, 0.717) is 19.1 Å². The fourth-order valence-corrected chi connectivity index (χ4v) is 2.45. The number of H-pyrrole nitrogens is 1. The van der Waals surface area contributed by atoms with Crippen LogP contribution in [-0.2, 0) is 13.2 Å². The molecule has 0 aliphatic rings. The van der Waals surface area contributed by atoms with E-state index in [2.05, 4.69) is 36.4 Å². The Morgan fingerprint density at radius 1 is 1.17 bits per heavy atom. The molecule has 2 aromatic carbocycles. The largest absolute Gasteiger partial charge is 0.489 e. The van der Waals surface area contributed by atoms with Crippen LogP contribution in [-0.4, -0.2) is 15.2 Å². The van der Waals surface area contributed by atoms with Crippen LogP contribution in [0.25, 0.3) is 0 Å². The Morgan fingerprint density at radius 2 is 2.00 bits per heavy atom. The van der Waals surface area contributed by atoms with E-state index >= 15 is 0 Å². The van der Waals surface area contributed by atoms with Crippen LogP contribution in [0.1, 0.15) is 11.1 Å². The van der Waals surface area contributed by atoms with Gasteiger partial charge in [-0.1, -0.05) is 28.1 Å². The van der Waals surface area contributed by atoms with Crippen LogP contribution >= 0.6 is 15.9 Å². The SMILES string of the molecule is Fc1ccc(COc2ccc(Br)cc2CNc2ncn[nH]2)cc1. The molecule has 2 N–H and O–H groups in total. The highest BCUT2D eigenvalue weighted by Crippen LogP contribution is 2.25. The number of rotatable bonds is 6. The average molecular weight is 377 g/mol. The number of nitrogens with zero attached hydrogens (tertiary/aromatic N) is 2. The highest BCUT2D eigenvalue weighted by atomic mass is 79.9. The quantitative estimate of drug-likeness (QED) is 0.684. The van der Waals surface area contributed by atoms with Gasteiger partial charge in [0.25, 0.3) is 0 Å². The van der Waals surface area contributed by atoms with Crippen LogP contribution < -0.4 is 10.1 Å². The molecular weight excluding hydrogens is 363 g/mol. The summed E-state index contributed by atoms with van der Waals surface area (Å²) in [6.45, 7) is 0.907. The van der Waals surface area contributed by atoms with Crippen LogP contribution in [0.15, 0.2) is 53.3 Å². The molecule has 0 fully saturated rings. The average Bonchev–Trinajstić information content (AvgIpc) is 3.07. The van der Waals surface area contributed by atoms with E-state index in [1.165, 1.54) is 18.5 Å². The number of aromatic amines is 1. The number of ether oxygens (including phenoxy) is 1. The van der Waals surface area contributed by atoms with Gasteiger partial charge in [0.05, 0.1) is 0 Å². The molecule has 0 aliphatic heterocycles. The van der Waals surface area contributed by atoms with Crippen LogP contribution in [0.3, 0.4) is 0 Å². The molecule has 118 valence electrons. The molecule has 1 heterocycles. The Bertz CT molecular complexity index is 762. The molecular formula is C16H14BrFN4O. The fraction of sp³-hybridized carbons (Fsp3) is 0.125. The third-order valence-corrected chi connectivity index (χ3v) is 3.68. The van der Waals surface area contributed by atoms with Gasteiger partial charge in [-0.05, 0) is 35.9 Å². The topological polar surface area (TPSA) is 62.8 Å². The lowest BCUT2D eigenvalue weighted by Gasteiger charge is -2.12. The molecule has 0 radical (unpaired) electrons. The predicted molar refractivity (Wildman–Crippen MR) is 88.6 cm³/mol. The zero-order valence-corrected chi connectivity index (χ0v) is 13.7. The summed E-state index contributed by atoms with van der Waals surface area (Å²) in [7, 11) is 0. The molecule has 3 rings (SSSR count). The number of halogens is 2. The predicted octanol–water partition coefficient (Wildman–Crippen LogP) is 3.90. The molecule has 0 atom stereocenters. The maximum absolute atomic E-state index is 12.9. The second kappa shape index (κ2) is 7.23. The molecule has 0 unspecified atom stereocenters. The second-order valence-corrected chi connectivity index (χ2v) is 5.77. The summed E-state index contributed by atoms with van der Waals surface area (Å²) < 4.78 is 19.7. The molecule has 0 bridgehead atoms. The van der Waals surface area contributed by atoms with Gasteiger partial charge in [0.2, 0.25) is 5.95 Å². The van der Waals surface area contributed by atoms with E-state index in [4.69, 9.17) is 4.74 Å². The molecule has 0 amide bonds. The summed E-state index contributed by atoms with van der Waals surface area (Å²) >= 11 is 3.46. The van der Waals surface area contributed by atoms with E-state index in [9.17, 15) is 4.39 Å². The van der Waals surface area contributed by atoms with Crippen molar-refractivity contribution in [1.29, 1.82) is 0 Å². The summed E-state index contributed by atoms with van der Waals surface area (Å²) in [6, 6.07) is 12.0. The molecule has 1 aromatic heterocycles. The van der Waals surface area contributed by atoms with Crippen molar-refractivity contribution < 1.29 is 9.13 Å². The molecule has 0 aliphatic carbocycles. The van der Waals surface area contributed by atoms with Crippen molar-refractivity contribution in [2.24, 2.45) is 0 Å². The van der Waals surface area contributed by atoms with Crippen molar-refractivity contribution in [3.63, 3.8) is 0 Å². The summed E-state index contributed by atoms with van der Waals surface area (Å²) in [5, 5.41) is 9.67. The van der Waals surface area contributed by atoms with Crippen LogP contribution in [0.4, 0.5) is 10.3 Å². The van der Waals surface area contributed by atoms with Crippen molar-refractivity contribution in [2.45, 2.75) is 13.2 Å². The first-order valence-electron chi connectivity index (χ1n) is 6.95. The van der Waals surface area contributed by atoms with E-state index in [1.54, 1.807) is 12.1 Å². The van der Waals surface area contributed by atoms with Crippen LogP contribution in [0.2, 0.25) is 0 Å². The van der Waals surface area contributed by atoms with Gasteiger partial charge in [0.1, 0.15) is 24.5 Å². The van der Waals surface area contributed by atoms with Crippen molar-refractivity contribution in [1.82, 2.24) is 15.2 Å². The first-order valence-corrected chi connectivity index (χ1v) is 7.75. The van der Waals surface area contributed by atoms with Crippen molar-refractivity contribution >= 4 is 21.9 Å². The highest BCUT2D eigenvalue weighted by molar-refractivity contribution is 9.10. The molecule has 7 heteroatoms. The Hall–Kier alpha value is -2.41. The third kappa shape index (κ3) is 4.29. The van der Waals surface area contributed by atoms with E-state index in [0.717, 1.165) is 21.3 Å². The van der Waals surface area contributed by atoms with Gasteiger partial charge in [0.15, 0.2) is 0 Å². The molecule has 0 spiro atoms. The Balaban J connectivity index is 1.69. The minimum atomic E-state index is -0.255. The second-order valence-electron chi connectivity index (χ2n) is 4.85. The number of hydrogen-bond donors (Lipinski definition) is 2. The molecule has 23 heavy (non-hydrogen) atoms. The standard InChI is InChI=1S/C16H14BrFN4O/c17-13-3-6-15(23-9-11-1-4-14(18)5-2-11)12(7-13)8-19-16-20-10-21-22-16/h1-7,10H,8-9H2,(H2,19,20,21,22). The summed E-state index contributed by atoms with van der Waals surface area (Å²) in [5.41, 5.74) is 1.88. The smallest absolute Gasteiger partial charge is 0.218 e. The molecule has 0 saturated heterocycles. The lowest BCUT2D eigenvalue weighted by molar-refractivity contribution is 0.303. The monoisotopic (exact) mass is 376 g/mol. The van der Waals surface area contributed by atoms with Crippen molar-refractivity contribution in [3.05, 3.63) is 70.2 Å². The molecule has 0 saturated carbocycles. The summed E-state index contributed by atoms with van der Waals surface area (Å²) in [5.74, 6) is 1.09. The Kier molecular flexibility index (Phi) is 4.87. The van der Waals surface area contributed by atoms with E-state index in [-0.39, 0.29) is 5.82 Å². The van der Waals surface area contributed by atoms with Gasteiger partial charge in [-0.3, -0.25) is 0 Å². The number of benzene rings is 2. The molecule has 3 aromatic rings. The maximum atomic E-state index is 12.9. The number of anilines is 1. The van der Waals surface area contributed by atoms with Gasteiger partial charge in [-0.15, -0.1) is 0 Å². The zero-order chi connectivity index (χ0) is 16.1. The number of hydrogen-bond acceptors (Lipinski definition) is 4. The first-order chi connectivity index (χ1) is 11.2. The Labute approximate surface area is 141 Å². The van der Waals surface area contributed by atoms with Gasteiger partial charge in [-0.25, -0.2) is 14.5 Å². The first kappa shape index (κ1) is 15.5. The van der Waals surface area contributed by atoms with Crippen LogP contribution in [0.5, 0.6) is 5.75 Å². The fourth-order valence-electron chi connectivity index (χ4n) is 2.04. The Morgan fingerprint density at radius 3 is 2.74 bits per heavy atom. The zero-order valence-electron chi connectivity index (χ0n) is 12.1. The minimum absolute atomic E-state index is 0.255. The molecule has 5 nitrogen and oxygen atoms in total. The minimum Gasteiger partial charge on any atom is -0.489 e. The van der Waals surface area contributed by atoms with Crippen molar-refractivity contribution in [2.75, 3.05) is 5.32 Å². The lowest BCUT2D eigenvalue weighted by Crippen LogP contribution is -2.05. The number of nitrogens with one attached hydrogen (secondary N) is 2. The lowest BCUT2D eigenvalue weighted by atomic mass is 10.2. The highest BCUT2D eigenvalue weighted by Gasteiger charge is 2.06. The van der Waals surface area contributed by atoms with Gasteiger partial charge in [0, 0.05) is 16.6 Å². The van der Waals surface area contributed by atoms with Gasteiger partial charge in [-0.2, -0.15) is 5.10 Å². The summed E-state index contributed by atoms with van der Waals surface area (Å²) in [6.07, 6.45) is 1.44. The number of aromatic nitrogens is 3. The van der Waals surface area contributed by atoms with Gasteiger partial charge >= 0.3 is 0 Å². The van der Waals surface area contributed by atoms with E-state index < -0.39 is 0 Å². The van der Waals surface area contributed by atoms with Crippen molar-refractivity contribution in [3.8, 4) is 5.75 Å². The maximum Gasteiger partial charge on any atom is 0.218 e. The van der Waals surface area contributed by atoms with Gasteiger partial charge < -0.3 is 10.1 Å². The summed E-state index contributed by atoms with van der Waals surface area (Å²) in [4.78, 5) is 4.02. The van der Waals surface area contributed by atoms with E-state index in [1.807, 2.05) is 18.2 Å². The normalized spacial score (nSPS) is 10.5.